The van der Waals surface area contributed by atoms with Crippen molar-refractivity contribution in [2.24, 2.45) is 0 Å². The fourth-order valence-corrected chi connectivity index (χ4v) is 5.59. The van der Waals surface area contributed by atoms with Gasteiger partial charge in [0, 0.05) is 22.1 Å². The highest BCUT2D eigenvalue weighted by atomic mass is 79.9. The molecule has 0 aliphatic rings. The number of hydrogen-bond donors (Lipinski definition) is 1. The molecule has 1 atom stereocenters. The van der Waals surface area contributed by atoms with E-state index in [-0.39, 0.29) is 29.1 Å². The number of methoxy groups -OCH3 is 1. The Morgan fingerprint density at radius 1 is 0.949 bits per heavy atom. The molecule has 3 aromatic carbocycles. The van der Waals surface area contributed by atoms with Crippen LogP contribution in [0.5, 0.6) is 5.75 Å². The van der Waals surface area contributed by atoms with Gasteiger partial charge in [-0.2, -0.15) is 0 Å². The van der Waals surface area contributed by atoms with E-state index in [0.29, 0.717) is 10.8 Å². The van der Waals surface area contributed by atoms with Gasteiger partial charge >= 0.3 is 0 Å². The Bertz CT molecular complexity index is 1380. The number of amides is 2. The zero-order valence-corrected chi connectivity index (χ0v) is 25.3. The van der Waals surface area contributed by atoms with Crippen LogP contribution in [0.3, 0.4) is 0 Å². The molecule has 8 nitrogen and oxygen atoms in total. The first-order valence-corrected chi connectivity index (χ1v) is 14.8. The highest BCUT2D eigenvalue weighted by molar-refractivity contribution is 9.10. The van der Waals surface area contributed by atoms with Crippen molar-refractivity contribution in [1.82, 2.24) is 10.2 Å². The Morgan fingerprint density at radius 2 is 1.54 bits per heavy atom. The number of carbonyl (C=O) groups is 2. The van der Waals surface area contributed by atoms with Gasteiger partial charge in [0.1, 0.15) is 18.3 Å². The molecule has 1 N–H and O–H groups in total. The standard InChI is InChI=1S/C28H31BrClN3O5S/c1-19(2)31-28(35)20(3)32(17-21-5-7-22(29)8-6-21)27(34)18-33(24-11-9-23(30)10-12-24)39(36,37)26-15-13-25(38-4)14-16-26/h5-16,19-20H,17-18H2,1-4H3,(H,31,35)/t20-/m0/s1. The zero-order valence-electron chi connectivity index (χ0n) is 22.1. The summed E-state index contributed by atoms with van der Waals surface area (Å²) >= 11 is 9.45. The Hall–Kier alpha value is -3.08. The van der Waals surface area contributed by atoms with E-state index >= 15 is 0 Å². The summed E-state index contributed by atoms with van der Waals surface area (Å²) < 4.78 is 34.7. The van der Waals surface area contributed by atoms with E-state index in [4.69, 9.17) is 16.3 Å². The molecule has 0 bridgehead atoms. The minimum atomic E-state index is -4.18. The summed E-state index contributed by atoms with van der Waals surface area (Å²) in [5.41, 5.74) is 1.04. The van der Waals surface area contributed by atoms with Crippen LogP contribution in [0, 0.1) is 0 Å². The molecule has 3 rings (SSSR count). The van der Waals surface area contributed by atoms with Gasteiger partial charge in [0.15, 0.2) is 0 Å². The average Bonchev–Trinajstić information content (AvgIpc) is 2.91. The van der Waals surface area contributed by atoms with Crippen molar-refractivity contribution in [1.29, 1.82) is 0 Å². The lowest BCUT2D eigenvalue weighted by Gasteiger charge is -2.32. The largest absolute Gasteiger partial charge is 0.497 e. The average molecular weight is 637 g/mol. The third-order valence-electron chi connectivity index (χ3n) is 5.91. The lowest BCUT2D eigenvalue weighted by Crippen LogP contribution is -2.52. The van der Waals surface area contributed by atoms with Gasteiger partial charge in [-0.3, -0.25) is 13.9 Å². The summed E-state index contributed by atoms with van der Waals surface area (Å²) in [5, 5.41) is 3.25. The second kappa shape index (κ2) is 13.3. The molecular weight excluding hydrogens is 606 g/mol. The predicted molar refractivity (Wildman–Crippen MR) is 156 cm³/mol. The summed E-state index contributed by atoms with van der Waals surface area (Å²) in [6, 6.07) is 18.4. The molecule has 0 heterocycles. The van der Waals surface area contributed by atoms with Gasteiger partial charge in [0.2, 0.25) is 11.8 Å². The molecule has 39 heavy (non-hydrogen) atoms. The Labute approximate surface area is 243 Å². The molecule has 0 aliphatic carbocycles. The molecule has 0 spiro atoms. The number of ether oxygens (including phenoxy) is 1. The van der Waals surface area contributed by atoms with Crippen molar-refractivity contribution in [3.8, 4) is 5.75 Å². The van der Waals surface area contributed by atoms with Crippen LogP contribution in [0.2, 0.25) is 5.02 Å². The first kappa shape index (κ1) is 30.5. The van der Waals surface area contributed by atoms with E-state index in [1.54, 1.807) is 19.1 Å². The molecule has 0 saturated heterocycles. The third-order valence-corrected chi connectivity index (χ3v) is 8.47. The van der Waals surface area contributed by atoms with E-state index in [1.165, 1.54) is 48.4 Å². The lowest BCUT2D eigenvalue weighted by atomic mass is 10.1. The second-order valence-electron chi connectivity index (χ2n) is 9.15. The highest BCUT2D eigenvalue weighted by Gasteiger charge is 2.32. The van der Waals surface area contributed by atoms with Gasteiger partial charge in [-0.25, -0.2) is 8.42 Å². The number of nitrogens with one attached hydrogen (secondary N) is 1. The Balaban J connectivity index is 2.02. The summed E-state index contributed by atoms with van der Waals surface area (Å²) in [5.74, 6) is -0.392. The monoisotopic (exact) mass is 635 g/mol. The Kier molecular flexibility index (Phi) is 10.4. The molecule has 0 aromatic heterocycles. The van der Waals surface area contributed by atoms with Gasteiger partial charge in [0.25, 0.3) is 10.0 Å². The van der Waals surface area contributed by atoms with Gasteiger partial charge in [-0.05, 0) is 87.0 Å². The van der Waals surface area contributed by atoms with Crippen LogP contribution in [0.25, 0.3) is 0 Å². The van der Waals surface area contributed by atoms with E-state index in [2.05, 4.69) is 21.2 Å². The molecule has 0 saturated carbocycles. The van der Waals surface area contributed by atoms with Crippen LogP contribution in [0.4, 0.5) is 5.69 Å². The zero-order chi connectivity index (χ0) is 28.7. The van der Waals surface area contributed by atoms with E-state index in [0.717, 1.165) is 14.3 Å². The maximum atomic E-state index is 13.9. The number of nitrogens with zero attached hydrogens (tertiary/aromatic N) is 2. The molecular formula is C28H31BrClN3O5S. The summed E-state index contributed by atoms with van der Waals surface area (Å²) in [6.07, 6.45) is 0. The smallest absolute Gasteiger partial charge is 0.264 e. The maximum absolute atomic E-state index is 13.9. The van der Waals surface area contributed by atoms with Crippen molar-refractivity contribution in [3.63, 3.8) is 0 Å². The number of halogens is 2. The third kappa shape index (κ3) is 7.97. The minimum Gasteiger partial charge on any atom is -0.497 e. The molecule has 0 unspecified atom stereocenters. The lowest BCUT2D eigenvalue weighted by molar-refractivity contribution is -0.139. The van der Waals surface area contributed by atoms with Crippen molar-refractivity contribution in [3.05, 3.63) is 87.9 Å². The van der Waals surface area contributed by atoms with E-state index < -0.39 is 28.5 Å². The van der Waals surface area contributed by atoms with Crippen LogP contribution < -0.4 is 14.4 Å². The molecule has 2 amide bonds. The first-order chi connectivity index (χ1) is 18.4. The summed E-state index contributed by atoms with van der Waals surface area (Å²) in [6.45, 7) is 4.85. The fraction of sp³-hybridized carbons (Fsp3) is 0.286. The van der Waals surface area contributed by atoms with Crippen LogP contribution in [-0.2, 0) is 26.2 Å². The first-order valence-electron chi connectivity index (χ1n) is 12.2. The summed E-state index contributed by atoms with van der Waals surface area (Å²) in [4.78, 5) is 28.2. The minimum absolute atomic E-state index is 0.0175. The number of anilines is 1. The van der Waals surface area contributed by atoms with Gasteiger partial charge < -0.3 is 15.0 Å². The van der Waals surface area contributed by atoms with E-state index in [1.807, 2.05) is 38.1 Å². The molecule has 11 heteroatoms. The fourth-order valence-electron chi connectivity index (χ4n) is 3.79. The molecule has 0 radical (unpaired) electrons. The second-order valence-corrected chi connectivity index (χ2v) is 12.4. The Morgan fingerprint density at radius 3 is 2.08 bits per heavy atom. The normalized spacial score (nSPS) is 12.1. The van der Waals surface area contributed by atoms with Crippen molar-refractivity contribution < 1.29 is 22.7 Å². The number of rotatable bonds is 11. The van der Waals surface area contributed by atoms with Crippen LogP contribution in [-0.4, -0.2) is 50.9 Å². The highest BCUT2D eigenvalue weighted by Crippen LogP contribution is 2.27. The number of carbonyl (C=O) groups excluding carboxylic acids is 2. The van der Waals surface area contributed by atoms with Crippen molar-refractivity contribution in [2.45, 2.75) is 44.3 Å². The van der Waals surface area contributed by atoms with Crippen LogP contribution in [0.1, 0.15) is 26.3 Å². The number of benzene rings is 3. The van der Waals surface area contributed by atoms with Crippen LogP contribution in [0.15, 0.2) is 82.2 Å². The maximum Gasteiger partial charge on any atom is 0.264 e. The molecule has 3 aromatic rings. The SMILES string of the molecule is COc1ccc(S(=O)(=O)N(CC(=O)N(Cc2ccc(Br)cc2)[C@@H](C)C(=O)NC(C)C)c2ccc(Cl)cc2)cc1. The topological polar surface area (TPSA) is 96.0 Å². The van der Waals surface area contributed by atoms with Gasteiger partial charge in [0.05, 0.1) is 17.7 Å². The molecule has 208 valence electrons. The molecule has 0 fully saturated rings. The predicted octanol–water partition coefficient (Wildman–Crippen LogP) is 5.25. The van der Waals surface area contributed by atoms with E-state index in [9.17, 15) is 18.0 Å². The van der Waals surface area contributed by atoms with Crippen molar-refractivity contribution in [2.75, 3.05) is 18.0 Å². The van der Waals surface area contributed by atoms with Crippen LogP contribution >= 0.6 is 27.5 Å². The number of sulfonamides is 1. The van der Waals surface area contributed by atoms with Gasteiger partial charge in [-0.15, -0.1) is 0 Å². The number of hydrogen-bond acceptors (Lipinski definition) is 5. The molecule has 0 aliphatic heterocycles. The quantitative estimate of drug-likeness (QED) is 0.310. The van der Waals surface area contributed by atoms with Gasteiger partial charge in [-0.1, -0.05) is 39.7 Å². The summed E-state index contributed by atoms with van der Waals surface area (Å²) in [7, 11) is -2.70. The van der Waals surface area contributed by atoms with Crippen molar-refractivity contribution >= 4 is 55.1 Å².